The molecule has 0 unspecified atom stereocenters. The molecule has 25 heavy (non-hydrogen) atoms. The quantitative estimate of drug-likeness (QED) is 0.788. The van der Waals surface area contributed by atoms with Gasteiger partial charge in [0.15, 0.2) is 0 Å². The Labute approximate surface area is 148 Å². The first-order valence-corrected chi connectivity index (χ1v) is 9.77. The molecule has 0 aliphatic carbocycles. The average Bonchev–Trinajstić information content (AvgIpc) is 3.28. The van der Waals surface area contributed by atoms with E-state index in [-0.39, 0.29) is 16.7 Å². The molecule has 1 aliphatic rings. The summed E-state index contributed by atoms with van der Waals surface area (Å²) in [5, 5.41) is 4.11. The van der Waals surface area contributed by atoms with Crippen LogP contribution in [0.25, 0.3) is 0 Å². The monoisotopic (exact) mass is 364 g/mol. The standard InChI is InChI=1S/C17H24N4O3S/c1-24-8-7-20-12-16(10-19-20)25(22,23)21-11-15(9-18)17(13-21)14-5-3-2-4-6-14/h2-6,10,12,15,17H,7-9,11,13,18H2,1H3/t15-,17+/m1/s1. The summed E-state index contributed by atoms with van der Waals surface area (Å²) in [6, 6.07) is 9.97. The molecule has 1 saturated heterocycles. The Morgan fingerprint density at radius 3 is 2.72 bits per heavy atom. The summed E-state index contributed by atoms with van der Waals surface area (Å²) in [6.45, 7) is 2.33. The average molecular weight is 364 g/mol. The number of hydrogen-bond acceptors (Lipinski definition) is 5. The molecule has 8 heteroatoms. The van der Waals surface area contributed by atoms with Crippen molar-refractivity contribution >= 4 is 10.0 Å². The van der Waals surface area contributed by atoms with Gasteiger partial charge in [0.25, 0.3) is 0 Å². The zero-order valence-corrected chi connectivity index (χ0v) is 15.1. The maximum Gasteiger partial charge on any atom is 0.246 e. The van der Waals surface area contributed by atoms with Gasteiger partial charge in [-0.15, -0.1) is 0 Å². The lowest BCUT2D eigenvalue weighted by Crippen LogP contribution is -2.29. The summed E-state index contributed by atoms with van der Waals surface area (Å²) >= 11 is 0. The molecule has 2 heterocycles. The predicted molar refractivity (Wildman–Crippen MR) is 94.6 cm³/mol. The normalized spacial score (nSPS) is 21.7. The van der Waals surface area contributed by atoms with Crippen LogP contribution in [-0.2, 0) is 21.3 Å². The zero-order valence-electron chi connectivity index (χ0n) is 14.3. The molecule has 1 aromatic heterocycles. The molecule has 3 rings (SSSR count). The molecule has 1 aliphatic heterocycles. The highest BCUT2D eigenvalue weighted by molar-refractivity contribution is 7.89. The van der Waals surface area contributed by atoms with Crippen molar-refractivity contribution in [1.82, 2.24) is 14.1 Å². The Balaban J connectivity index is 1.80. The van der Waals surface area contributed by atoms with Crippen molar-refractivity contribution in [3.05, 3.63) is 48.3 Å². The number of rotatable bonds is 7. The predicted octanol–water partition coefficient (Wildman–Crippen LogP) is 0.893. The minimum absolute atomic E-state index is 0.112. The molecule has 0 spiro atoms. The van der Waals surface area contributed by atoms with E-state index in [0.29, 0.717) is 32.8 Å². The van der Waals surface area contributed by atoms with Crippen molar-refractivity contribution in [3.8, 4) is 0 Å². The summed E-state index contributed by atoms with van der Waals surface area (Å²) in [6.07, 6.45) is 2.96. The summed E-state index contributed by atoms with van der Waals surface area (Å²) in [5.74, 6) is 0.227. The van der Waals surface area contributed by atoms with Gasteiger partial charge in [-0.05, 0) is 18.0 Å². The molecular weight excluding hydrogens is 340 g/mol. The van der Waals surface area contributed by atoms with Gasteiger partial charge in [0.2, 0.25) is 10.0 Å². The number of nitrogens with two attached hydrogens (primary N) is 1. The van der Waals surface area contributed by atoms with E-state index in [1.165, 1.54) is 10.5 Å². The molecule has 2 atom stereocenters. The summed E-state index contributed by atoms with van der Waals surface area (Å²) in [4.78, 5) is 0.216. The van der Waals surface area contributed by atoms with Gasteiger partial charge in [-0.2, -0.15) is 9.40 Å². The van der Waals surface area contributed by atoms with Crippen LogP contribution in [0.5, 0.6) is 0 Å². The van der Waals surface area contributed by atoms with Crippen LogP contribution < -0.4 is 5.73 Å². The molecule has 1 aromatic carbocycles. The SMILES string of the molecule is COCCn1cc(S(=O)(=O)N2C[C@@H](CN)[C@H](c3ccccc3)C2)cn1. The molecule has 0 radical (unpaired) electrons. The molecule has 2 N–H and O–H groups in total. The van der Waals surface area contributed by atoms with E-state index in [0.717, 1.165) is 5.56 Å². The van der Waals surface area contributed by atoms with Gasteiger partial charge in [0.05, 0.1) is 19.3 Å². The van der Waals surface area contributed by atoms with Gasteiger partial charge in [-0.1, -0.05) is 30.3 Å². The molecule has 0 amide bonds. The second-order valence-corrected chi connectivity index (χ2v) is 8.20. The highest BCUT2D eigenvalue weighted by Crippen LogP contribution is 2.35. The third-order valence-electron chi connectivity index (χ3n) is 4.71. The number of aromatic nitrogens is 2. The van der Waals surface area contributed by atoms with E-state index in [4.69, 9.17) is 10.5 Å². The summed E-state index contributed by atoms with van der Waals surface area (Å²) < 4.78 is 34.0. The maximum absolute atomic E-state index is 13.0. The molecule has 0 saturated carbocycles. The fourth-order valence-electron chi connectivity index (χ4n) is 3.28. The highest BCUT2D eigenvalue weighted by Gasteiger charge is 2.39. The lowest BCUT2D eigenvalue weighted by molar-refractivity contribution is 0.183. The molecule has 2 aromatic rings. The van der Waals surface area contributed by atoms with Crippen LogP contribution in [0.2, 0.25) is 0 Å². The first kappa shape index (κ1) is 18.1. The van der Waals surface area contributed by atoms with Crippen LogP contribution in [0.4, 0.5) is 0 Å². The minimum atomic E-state index is -3.57. The van der Waals surface area contributed by atoms with Crippen LogP contribution in [0, 0.1) is 5.92 Å². The third-order valence-corrected chi connectivity index (χ3v) is 6.49. The second-order valence-electron chi connectivity index (χ2n) is 6.27. The molecule has 0 bridgehead atoms. The maximum atomic E-state index is 13.0. The first-order valence-electron chi connectivity index (χ1n) is 8.33. The van der Waals surface area contributed by atoms with Crippen molar-refractivity contribution in [2.45, 2.75) is 17.4 Å². The van der Waals surface area contributed by atoms with Crippen LogP contribution in [-0.4, -0.2) is 55.9 Å². The Hall–Kier alpha value is -1.74. The van der Waals surface area contributed by atoms with Crippen molar-refractivity contribution in [2.24, 2.45) is 11.7 Å². The molecule has 1 fully saturated rings. The Kier molecular flexibility index (Phi) is 5.53. The van der Waals surface area contributed by atoms with Crippen molar-refractivity contribution in [3.63, 3.8) is 0 Å². The summed E-state index contributed by atoms with van der Waals surface area (Å²) in [5.41, 5.74) is 7.04. The highest BCUT2D eigenvalue weighted by atomic mass is 32.2. The fraction of sp³-hybridized carbons (Fsp3) is 0.471. The molecular formula is C17H24N4O3S. The number of benzene rings is 1. The zero-order chi connectivity index (χ0) is 17.9. The van der Waals surface area contributed by atoms with Crippen molar-refractivity contribution < 1.29 is 13.2 Å². The van der Waals surface area contributed by atoms with E-state index in [2.05, 4.69) is 5.10 Å². The van der Waals surface area contributed by atoms with Gasteiger partial charge in [-0.25, -0.2) is 8.42 Å². The molecule has 7 nitrogen and oxygen atoms in total. The van der Waals surface area contributed by atoms with Crippen LogP contribution >= 0.6 is 0 Å². The number of nitrogens with zero attached hydrogens (tertiary/aromatic N) is 3. The smallest absolute Gasteiger partial charge is 0.246 e. The third kappa shape index (κ3) is 3.77. The fourth-order valence-corrected chi connectivity index (χ4v) is 4.76. The first-order chi connectivity index (χ1) is 12.1. The van der Waals surface area contributed by atoms with Crippen LogP contribution in [0.3, 0.4) is 0 Å². The van der Waals surface area contributed by atoms with Gasteiger partial charge in [-0.3, -0.25) is 4.68 Å². The van der Waals surface area contributed by atoms with Crippen molar-refractivity contribution in [2.75, 3.05) is 33.4 Å². The van der Waals surface area contributed by atoms with Gasteiger partial charge in [0.1, 0.15) is 4.90 Å². The minimum Gasteiger partial charge on any atom is -0.383 e. The van der Waals surface area contributed by atoms with E-state index in [1.807, 2.05) is 30.3 Å². The molecule has 136 valence electrons. The number of methoxy groups -OCH3 is 1. The van der Waals surface area contributed by atoms with E-state index in [1.54, 1.807) is 18.0 Å². The number of sulfonamides is 1. The van der Waals surface area contributed by atoms with Crippen LogP contribution in [0.15, 0.2) is 47.6 Å². The van der Waals surface area contributed by atoms with Gasteiger partial charge >= 0.3 is 0 Å². The number of ether oxygens (including phenoxy) is 1. The van der Waals surface area contributed by atoms with E-state index >= 15 is 0 Å². The topological polar surface area (TPSA) is 90.5 Å². The number of hydrogen-bond donors (Lipinski definition) is 1. The largest absolute Gasteiger partial charge is 0.383 e. The Bertz CT molecular complexity index is 791. The van der Waals surface area contributed by atoms with Crippen LogP contribution in [0.1, 0.15) is 11.5 Å². The van der Waals surface area contributed by atoms with Crippen molar-refractivity contribution in [1.29, 1.82) is 0 Å². The summed E-state index contributed by atoms with van der Waals surface area (Å²) in [7, 11) is -1.97. The Morgan fingerprint density at radius 1 is 1.28 bits per heavy atom. The van der Waals surface area contributed by atoms with Gasteiger partial charge < -0.3 is 10.5 Å². The lowest BCUT2D eigenvalue weighted by atomic mass is 9.89. The Morgan fingerprint density at radius 2 is 2.04 bits per heavy atom. The van der Waals surface area contributed by atoms with Gasteiger partial charge in [0, 0.05) is 32.3 Å². The second kappa shape index (κ2) is 7.65. The lowest BCUT2D eigenvalue weighted by Gasteiger charge is -2.16. The van der Waals surface area contributed by atoms with E-state index < -0.39 is 10.0 Å². The van der Waals surface area contributed by atoms with E-state index in [9.17, 15) is 8.42 Å².